The van der Waals surface area contributed by atoms with Crippen LogP contribution in [0.15, 0.2) is 36.4 Å². The number of Topliss-reactive ketones (excluding diaryl/α,β-unsaturated/α-hetero) is 1. The first-order chi connectivity index (χ1) is 14.3. The lowest BCUT2D eigenvalue weighted by molar-refractivity contribution is -0.153. The van der Waals surface area contributed by atoms with E-state index >= 15 is 0 Å². The van der Waals surface area contributed by atoms with Crippen molar-refractivity contribution in [2.45, 2.75) is 52.5 Å². The monoisotopic (exact) mass is 410 g/mol. The number of carbonyl (C=O) groups is 3. The number of esters is 1. The number of likely N-dealkylation sites (tertiary alicyclic amines) is 1. The number of amides is 1. The molecule has 1 saturated heterocycles. The Morgan fingerprint density at radius 1 is 1.07 bits per heavy atom. The number of ether oxygens (including phenoxy) is 1. The molecule has 1 aromatic carbocycles. The van der Waals surface area contributed by atoms with Gasteiger partial charge in [-0.2, -0.15) is 0 Å². The topological polar surface area (TPSA) is 68.6 Å². The van der Waals surface area contributed by atoms with Crippen LogP contribution in [-0.2, 0) is 26.3 Å². The second kappa shape index (κ2) is 8.86. The molecule has 1 amide bonds. The lowest BCUT2D eigenvalue weighted by atomic mass is 9.72. The van der Waals surface area contributed by atoms with Crippen molar-refractivity contribution in [2.75, 3.05) is 19.7 Å². The van der Waals surface area contributed by atoms with Crippen LogP contribution in [0.2, 0.25) is 0 Å². The van der Waals surface area contributed by atoms with E-state index in [-0.39, 0.29) is 18.3 Å². The molecule has 1 aliphatic heterocycles. The zero-order chi connectivity index (χ0) is 21.9. The zero-order valence-corrected chi connectivity index (χ0v) is 18.2. The van der Waals surface area contributed by atoms with Gasteiger partial charge in [0.25, 0.3) is 0 Å². The summed E-state index contributed by atoms with van der Waals surface area (Å²) in [4.78, 5) is 39.5. The highest BCUT2D eigenvalue weighted by Crippen LogP contribution is 2.37. The molecule has 0 bridgehead atoms. The molecular weight excluding hydrogens is 380 g/mol. The number of benzene rings is 1. The van der Waals surface area contributed by atoms with Crippen molar-refractivity contribution in [3.8, 4) is 0 Å². The molecule has 1 aromatic heterocycles. The molecule has 160 valence electrons. The maximum atomic E-state index is 13.3. The summed E-state index contributed by atoms with van der Waals surface area (Å²) in [5.74, 6) is -0.582. The summed E-state index contributed by atoms with van der Waals surface area (Å²) in [6.07, 6.45) is 0.960. The first-order valence-corrected chi connectivity index (χ1v) is 10.5. The summed E-state index contributed by atoms with van der Waals surface area (Å²) in [6, 6.07) is 11.4. The van der Waals surface area contributed by atoms with Gasteiger partial charge in [-0.25, -0.2) is 0 Å². The molecule has 0 atom stereocenters. The molecule has 2 heterocycles. The van der Waals surface area contributed by atoms with Crippen molar-refractivity contribution in [1.29, 1.82) is 0 Å². The van der Waals surface area contributed by atoms with Gasteiger partial charge in [-0.15, -0.1) is 0 Å². The van der Waals surface area contributed by atoms with Crippen LogP contribution in [0.4, 0.5) is 0 Å². The van der Waals surface area contributed by atoms with Crippen LogP contribution in [0.3, 0.4) is 0 Å². The average Bonchev–Trinajstić information content (AvgIpc) is 3.05. The molecule has 1 fully saturated rings. The minimum absolute atomic E-state index is 0.00601. The van der Waals surface area contributed by atoms with Gasteiger partial charge in [-0.1, -0.05) is 30.3 Å². The van der Waals surface area contributed by atoms with Gasteiger partial charge in [0.1, 0.15) is 0 Å². The number of piperidine rings is 1. The number of hydrogen-bond acceptors (Lipinski definition) is 4. The van der Waals surface area contributed by atoms with E-state index in [9.17, 15) is 14.4 Å². The Morgan fingerprint density at radius 3 is 2.23 bits per heavy atom. The number of nitrogens with zero attached hydrogens (tertiary/aromatic N) is 2. The quantitative estimate of drug-likeness (QED) is 0.540. The predicted octanol–water partition coefficient (Wildman–Crippen LogP) is 3.43. The summed E-state index contributed by atoms with van der Waals surface area (Å²) in [7, 11) is 0. The van der Waals surface area contributed by atoms with Gasteiger partial charge in [0, 0.05) is 43.5 Å². The van der Waals surface area contributed by atoms with E-state index in [4.69, 9.17) is 4.74 Å². The van der Waals surface area contributed by atoms with Gasteiger partial charge >= 0.3 is 5.97 Å². The van der Waals surface area contributed by atoms with E-state index in [1.807, 2.05) is 57.2 Å². The minimum atomic E-state index is -0.839. The highest BCUT2D eigenvalue weighted by molar-refractivity contribution is 5.99. The van der Waals surface area contributed by atoms with Gasteiger partial charge in [-0.05, 0) is 45.2 Å². The average molecular weight is 411 g/mol. The van der Waals surface area contributed by atoms with Crippen LogP contribution in [0, 0.1) is 13.8 Å². The Hall–Kier alpha value is -2.89. The van der Waals surface area contributed by atoms with Crippen molar-refractivity contribution in [2.24, 2.45) is 0 Å². The fraction of sp³-hybridized carbons (Fsp3) is 0.458. The second-order valence-corrected chi connectivity index (χ2v) is 7.98. The van der Waals surface area contributed by atoms with Crippen LogP contribution in [0.5, 0.6) is 0 Å². The Kier molecular flexibility index (Phi) is 6.44. The molecule has 0 spiro atoms. The molecule has 3 rings (SSSR count). The van der Waals surface area contributed by atoms with Gasteiger partial charge in [0.05, 0.1) is 5.41 Å². The highest BCUT2D eigenvalue weighted by atomic mass is 16.5. The van der Waals surface area contributed by atoms with E-state index in [2.05, 4.69) is 4.57 Å². The SMILES string of the molecule is CCn1c(C)cc(C(=O)COC(=O)C2(c3ccccc3)CCN(C(C)=O)CC2)c1C. The van der Waals surface area contributed by atoms with E-state index < -0.39 is 11.4 Å². The van der Waals surface area contributed by atoms with Crippen LogP contribution in [0.1, 0.15) is 54.0 Å². The molecule has 0 radical (unpaired) electrons. The van der Waals surface area contributed by atoms with Crippen molar-refractivity contribution in [3.63, 3.8) is 0 Å². The molecule has 6 heteroatoms. The van der Waals surface area contributed by atoms with E-state index in [1.165, 1.54) is 0 Å². The third-order valence-electron chi connectivity index (χ3n) is 6.30. The Morgan fingerprint density at radius 2 is 1.70 bits per heavy atom. The Labute approximate surface area is 177 Å². The number of aromatic nitrogens is 1. The normalized spacial score (nSPS) is 15.7. The van der Waals surface area contributed by atoms with Crippen molar-refractivity contribution in [1.82, 2.24) is 9.47 Å². The fourth-order valence-electron chi connectivity index (χ4n) is 4.49. The molecule has 6 nitrogen and oxygen atoms in total. The minimum Gasteiger partial charge on any atom is -0.457 e. The van der Waals surface area contributed by atoms with Crippen LogP contribution < -0.4 is 0 Å². The summed E-state index contributed by atoms with van der Waals surface area (Å²) in [5, 5.41) is 0. The standard InChI is InChI=1S/C24H30N2O4/c1-5-26-17(2)15-21(18(26)3)22(28)16-30-23(29)24(20-9-7-6-8-10-20)11-13-25(14-12-24)19(4)27/h6-10,15H,5,11-14,16H2,1-4H3. The molecular formula is C24H30N2O4. The third kappa shape index (κ3) is 4.04. The third-order valence-corrected chi connectivity index (χ3v) is 6.30. The lowest BCUT2D eigenvalue weighted by Gasteiger charge is -2.40. The smallest absolute Gasteiger partial charge is 0.317 e. The molecule has 0 unspecified atom stereocenters. The summed E-state index contributed by atoms with van der Waals surface area (Å²) in [5.41, 5.74) is 2.54. The van der Waals surface area contributed by atoms with Gasteiger partial charge in [-0.3, -0.25) is 14.4 Å². The number of rotatable bonds is 6. The Balaban J connectivity index is 1.78. The fourth-order valence-corrected chi connectivity index (χ4v) is 4.49. The summed E-state index contributed by atoms with van der Waals surface area (Å²) >= 11 is 0. The van der Waals surface area contributed by atoms with E-state index in [1.54, 1.807) is 11.8 Å². The number of ketones is 1. The maximum Gasteiger partial charge on any atom is 0.317 e. The molecule has 30 heavy (non-hydrogen) atoms. The molecule has 2 aromatic rings. The van der Waals surface area contributed by atoms with Gasteiger partial charge in [0.2, 0.25) is 11.7 Å². The zero-order valence-electron chi connectivity index (χ0n) is 18.2. The summed E-state index contributed by atoms with van der Waals surface area (Å²) in [6.45, 7) is 8.94. The van der Waals surface area contributed by atoms with Crippen LogP contribution in [-0.4, -0.2) is 46.8 Å². The maximum absolute atomic E-state index is 13.3. The summed E-state index contributed by atoms with van der Waals surface area (Å²) < 4.78 is 7.66. The Bertz CT molecular complexity index is 938. The highest BCUT2D eigenvalue weighted by Gasteiger charge is 2.45. The predicted molar refractivity (Wildman–Crippen MR) is 114 cm³/mol. The first-order valence-electron chi connectivity index (χ1n) is 10.5. The van der Waals surface area contributed by atoms with Crippen molar-refractivity contribution < 1.29 is 19.1 Å². The largest absolute Gasteiger partial charge is 0.457 e. The molecule has 0 aliphatic carbocycles. The molecule has 0 saturated carbocycles. The molecule has 1 aliphatic rings. The van der Waals surface area contributed by atoms with Crippen LogP contribution >= 0.6 is 0 Å². The van der Waals surface area contributed by atoms with E-state index in [0.29, 0.717) is 31.5 Å². The van der Waals surface area contributed by atoms with Crippen molar-refractivity contribution in [3.05, 3.63) is 58.9 Å². The van der Waals surface area contributed by atoms with Gasteiger partial charge < -0.3 is 14.2 Å². The van der Waals surface area contributed by atoms with E-state index in [0.717, 1.165) is 23.5 Å². The number of aryl methyl sites for hydroxylation is 1. The van der Waals surface area contributed by atoms with Crippen LogP contribution in [0.25, 0.3) is 0 Å². The lowest BCUT2D eigenvalue weighted by Crippen LogP contribution is -2.49. The first kappa shape index (κ1) is 21.8. The number of carbonyl (C=O) groups excluding carboxylic acids is 3. The number of hydrogen-bond donors (Lipinski definition) is 0. The molecule has 0 N–H and O–H groups in total. The van der Waals surface area contributed by atoms with Gasteiger partial charge in [0.15, 0.2) is 6.61 Å². The van der Waals surface area contributed by atoms with Crippen molar-refractivity contribution >= 4 is 17.7 Å². The second-order valence-electron chi connectivity index (χ2n) is 7.98.